The van der Waals surface area contributed by atoms with Gasteiger partial charge in [-0.3, -0.25) is 9.69 Å². The highest BCUT2D eigenvalue weighted by Gasteiger charge is 2.49. The van der Waals surface area contributed by atoms with Crippen molar-refractivity contribution in [1.82, 2.24) is 10.2 Å². The molecule has 0 bridgehead atoms. The Morgan fingerprint density at radius 2 is 2.47 bits per heavy atom. The number of carbonyl (C=O) groups excluding carboxylic acids is 1. The lowest BCUT2D eigenvalue weighted by Gasteiger charge is -2.30. The summed E-state index contributed by atoms with van der Waals surface area (Å²) in [6.07, 6.45) is 6.30. The second kappa shape index (κ2) is 5.00. The van der Waals surface area contributed by atoms with Crippen LogP contribution in [0.3, 0.4) is 0 Å². The van der Waals surface area contributed by atoms with Crippen molar-refractivity contribution in [3.63, 3.8) is 0 Å². The van der Waals surface area contributed by atoms with E-state index in [1.54, 1.807) is 13.3 Å². The summed E-state index contributed by atoms with van der Waals surface area (Å²) in [5, 5.41) is 2.84. The van der Waals surface area contributed by atoms with Crippen LogP contribution in [0.2, 0.25) is 0 Å². The highest BCUT2D eigenvalue weighted by molar-refractivity contribution is 5.79. The normalized spacial score (nSPS) is 31.1. The molecule has 1 aromatic heterocycles. The van der Waals surface area contributed by atoms with E-state index < -0.39 is 0 Å². The van der Waals surface area contributed by atoms with E-state index >= 15 is 0 Å². The molecule has 2 unspecified atom stereocenters. The van der Waals surface area contributed by atoms with Gasteiger partial charge in [-0.05, 0) is 43.4 Å². The van der Waals surface area contributed by atoms with Crippen molar-refractivity contribution in [1.29, 1.82) is 0 Å². The minimum Gasteiger partial charge on any atom is -0.468 e. The van der Waals surface area contributed by atoms with E-state index in [4.69, 9.17) is 4.42 Å². The zero-order valence-electron chi connectivity index (χ0n) is 11.5. The number of hydrogen-bond acceptors (Lipinski definition) is 3. The van der Waals surface area contributed by atoms with Gasteiger partial charge in [0, 0.05) is 19.5 Å². The molecule has 1 aliphatic heterocycles. The molecule has 1 aliphatic carbocycles. The third-order valence-corrected chi connectivity index (χ3v) is 4.89. The topological polar surface area (TPSA) is 45.5 Å². The number of nitrogens with one attached hydrogen (secondary N) is 1. The summed E-state index contributed by atoms with van der Waals surface area (Å²) in [7, 11) is 1.75. The van der Waals surface area contributed by atoms with Crippen molar-refractivity contribution in [3.8, 4) is 0 Å². The Labute approximate surface area is 114 Å². The molecule has 1 aromatic rings. The van der Waals surface area contributed by atoms with Gasteiger partial charge in [-0.15, -0.1) is 0 Å². The molecule has 19 heavy (non-hydrogen) atoms. The average molecular weight is 262 g/mol. The number of amides is 1. The molecule has 1 saturated carbocycles. The second-order valence-corrected chi connectivity index (χ2v) is 5.96. The molecular formula is C15H22N2O2. The van der Waals surface area contributed by atoms with Gasteiger partial charge in [0.15, 0.2) is 0 Å². The number of hydrogen-bond donors (Lipinski definition) is 1. The van der Waals surface area contributed by atoms with Crippen molar-refractivity contribution in [3.05, 3.63) is 24.2 Å². The number of furan rings is 1. The Kier molecular flexibility index (Phi) is 3.35. The number of likely N-dealkylation sites (tertiary alicyclic amines) is 1. The summed E-state index contributed by atoms with van der Waals surface area (Å²) >= 11 is 0. The maximum absolute atomic E-state index is 12.1. The molecule has 2 heterocycles. The van der Waals surface area contributed by atoms with Crippen LogP contribution >= 0.6 is 0 Å². The SMILES string of the molecule is CNC(=O)C1CCCC12CCN(Cc1ccco1)C2. The molecule has 4 heteroatoms. The summed E-state index contributed by atoms with van der Waals surface area (Å²) in [4.78, 5) is 14.5. The molecule has 1 amide bonds. The van der Waals surface area contributed by atoms with Crippen molar-refractivity contribution < 1.29 is 9.21 Å². The van der Waals surface area contributed by atoms with Gasteiger partial charge >= 0.3 is 0 Å². The summed E-state index contributed by atoms with van der Waals surface area (Å²) < 4.78 is 5.42. The first-order valence-corrected chi connectivity index (χ1v) is 7.20. The molecule has 1 saturated heterocycles. The monoisotopic (exact) mass is 262 g/mol. The fraction of sp³-hybridized carbons (Fsp3) is 0.667. The summed E-state index contributed by atoms with van der Waals surface area (Å²) in [5.74, 6) is 1.46. The third-order valence-electron chi connectivity index (χ3n) is 4.89. The predicted molar refractivity (Wildman–Crippen MR) is 72.4 cm³/mol. The van der Waals surface area contributed by atoms with E-state index in [0.29, 0.717) is 0 Å². The Morgan fingerprint density at radius 1 is 1.58 bits per heavy atom. The van der Waals surface area contributed by atoms with E-state index in [1.165, 1.54) is 12.8 Å². The Bertz CT molecular complexity index is 443. The van der Waals surface area contributed by atoms with Gasteiger partial charge in [0.2, 0.25) is 5.91 Å². The summed E-state index contributed by atoms with van der Waals surface area (Å²) in [5.41, 5.74) is 0.215. The number of carbonyl (C=O) groups is 1. The van der Waals surface area contributed by atoms with Crippen LogP contribution < -0.4 is 5.32 Å². The Balaban J connectivity index is 1.68. The average Bonchev–Trinajstić information content (AvgIpc) is 3.13. The van der Waals surface area contributed by atoms with Gasteiger partial charge in [-0.1, -0.05) is 6.42 Å². The molecule has 0 aromatic carbocycles. The minimum absolute atomic E-state index is 0.208. The van der Waals surface area contributed by atoms with Crippen LogP contribution in [0.1, 0.15) is 31.4 Å². The van der Waals surface area contributed by atoms with Crippen LogP contribution in [-0.4, -0.2) is 30.9 Å². The standard InChI is InChI=1S/C15H22N2O2/c1-16-14(18)13-5-2-6-15(13)7-8-17(11-15)10-12-4-3-9-19-12/h3-4,9,13H,2,5-8,10-11H2,1H3,(H,16,18). The molecule has 1 N–H and O–H groups in total. The fourth-order valence-corrected chi connectivity index (χ4v) is 3.95. The Morgan fingerprint density at radius 3 is 3.21 bits per heavy atom. The minimum atomic E-state index is 0.208. The lowest BCUT2D eigenvalue weighted by atomic mass is 9.76. The van der Waals surface area contributed by atoms with Gasteiger partial charge in [0.05, 0.1) is 12.8 Å². The maximum Gasteiger partial charge on any atom is 0.223 e. The largest absolute Gasteiger partial charge is 0.468 e. The van der Waals surface area contributed by atoms with E-state index in [-0.39, 0.29) is 17.2 Å². The van der Waals surface area contributed by atoms with Gasteiger partial charge in [-0.25, -0.2) is 0 Å². The van der Waals surface area contributed by atoms with Gasteiger partial charge in [-0.2, -0.15) is 0 Å². The lowest BCUT2D eigenvalue weighted by Crippen LogP contribution is -2.39. The highest BCUT2D eigenvalue weighted by atomic mass is 16.3. The van der Waals surface area contributed by atoms with Gasteiger partial charge in [0.25, 0.3) is 0 Å². The first kappa shape index (κ1) is 12.7. The highest BCUT2D eigenvalue weighted by Crippen LogP contribution is 2.49. The van der Waals surface area contributed by atoms with Crippen LogP contribution in [0, 0.1) is 11.3 Å². The number of nitrogens with zero attached hydrogens (tertiary/aromatic N) is 1. The zero-order valence-corrected chi connectivity index (χ0v) is 11.5. The van der Waals surface area contributed by atoms with Crippen LogP contribution in [0.15, 0.2) is 22.8 Å². The van der Waals surface area contributed by atoms with E-state index in [9.17, 15) is 4.79 Å². The molecular weight excluding hydrogens is 240 g/mol. The summed E-state index contributed by atoms with van der Waals surface area (Å²) in [6.45, 7) is 2.98. The van der Waals surface area contributed by atoms with Crippen molar-refractivity contribution in [2.45, 2.75) is 32.2 Å². The first-order valence-electron chi connectivity index (χ1n) is 7.20. The zero-order chi connectivity index (χ0) is 13.3. The van der Waals surface area contributed by atoms with Crippen LogP contribution in [0.4, 0.5) is 0 Å². The molecule has 3 rings (SSSR count). The molecule has 2 aliphatic rings. The second-order valence-electron chi connectivity index (χ2n) is 5.96. The van der Waals surface area contributed by atoms with Gasteiger partial charge in [0.1, 0.15) is 5.76 Å². The first-order chi connectivity index (χ1) is 9.23. The van der Waals surface area contributed by atoms with Crippen LogP contribution in [-0.2, 0) is 11.3 Å². The molecule has 0 radical (unpaired) electrons. The molecule has 2 atom stereocenters. The van der Waals surface area contributed by atoms with E-state index in [1.807, 2.05) is 12.1 Å². The third kappa shape index (κ3) is 2.29. The lowest BCUT2D eigenvalue weighted by molar-refractivity contribution is -0.127. The van der Waals surface area contributed by atoms with E-state index in [2.05, 4.69) is 10.2 Å². The van der Waals surface area contributed by atoms with E-state index in [0.717, 1.165) is 38.2 Å². The molecule has 104 valence electrons. The molecule has 1 spiro atoms. The molecule has 2 fully saturated rings. The van der Waals surface area contributed by atoms with Crippen molar-refractivity contribution >= 4 is 5.91 Å². The maximum atomic E-state index is 12.1. The van der Waals surface area contributed by atoms with Gasteiger partial charge < -0.3 is 9.73 Å². The summed E-state index contributed by atoms with van der Waals surface area (Å²) in [6, 6.07) is 3.96. The van der Waals surface area contributed by atoms with Crippen LogP contribution in [0.25, 0.3) is 0 Å². The van der Waals surface area contributed by atoms with Crippen LogP contribution in [0.5, 0.6) is 0 Å². The quantitative estimate of drug-likeness (QED) is 0.906. The smallest absolute Gasteiger partial charge is 0.223 e. The molecule has 4 nitrogen and oxygen atoms in total. The fourth-order valence-electron chi connectivity index (χ4n) is 3.95. The number of rotatable bonds is 3. The predicted octanol–water partition coefficient (Wildman–Crippen LogP) is 2.02. The Hall–Kier alpha value is -1.29. The van der Waals surface area contributed by atoms with Crippen molar-refractivity contribution in [2.75, 3.05) is 20.1 Å². The van der Waals surface area contributed by atoms with Crippen molar-refractivity contribution in [2.24, 2.45) is 11.3 Å².